The molecule has 2 aliphatic rings. The van der Waals surface area contributed by atoms with E-state index in [-0.39, 0.29) is 23.8 Å². The first-order valence-electron chi connectivity index (χ1n) is 8.73. The number of piperidine rings is 1. The number of carbonyl (C=O) groups is 2. The summed E-state index contributed by atoms with van der Waals surface area (Å²) in [5.74, 6) is 0.191. The van der Waals surface area contributed by atoms with Crippen molar-refractivity contribution in [1.29, 1.82) is 5.41 Å². The van der Waals surface area contributed by atoms with E-state index in [0.29, 0.717) is 19.5 Å². The van der Waals surface area contributed by atoms with Crippen LogP contribution in [-0.2, 0) is 4.79 Å². The molecule has 0 aliphatic carbocycles. The fourth-order valence-corrected chi connectivity index (χ4v) is 4.20. The van der Waals surface area contributed by atoms with Gasteiger partial charge in [-0.2, -0.15) is 0 Å². The summed E-state index contributed by atoms with van der Waals surface area (Å²) in [6.45, 7) is 3.26. The molecule has 3 rings (SSSR count). The first-order valence-corrected chi connectivity index (χ1v) is 9.81. The van der Waals surface area contributed by atoms with E-state index in [4.69, 9.17) is 5.41 Å². The molecular weight excluding hydrogens is 445 g/mol. The number of halogens is 1. The largest absolute Gasteiger partial charge is 0.350 e. The van der Waals surface area contributed by atoms with Gasteiger partial charge in [0.2, 0.25) is 5.91 Å². The van der Waals surface area contributed by atoms with Gasteiger partial charge in [-0.3, -0.25) is 15.1 Å². The average Bonchev–Trinajstić information content (AvgIpc) is 2.60. The molecule has 2 aliphatic heterocycles. The number of amides is 3. The Morgan fingerprint density at radius 2 is 2.23 bits per heavy atom. The number of hydrogen-bond acceptors (Lipinski definition) is 3. The standard InChI is InChI=1S/C18H24IN5O2/c1-18(10-15(25)23(2)16(20)22-18)12-5-4-8-24(11-12)17(26)21-14-7-3-6-13(19)9-14/h3,6-7,9,12H,4-5,8,10-11H2,1-2H3,(H2,20,22)(H,21,26)/t12?,18-/m0/s1. The molecule has 0 bridgehead atoms. The summed E-state index contributed by atoms with van der Waals surface area (Å²) in [7, 11) is 1.61. The van der Waals surface area contributed by atoms with Crippen LogP contribution >= 0.6 is 22.6 Å². The summed E-state index contributed by atoms with van der Waals surface area (Å²) >= 11 is 2.22. The molecule has 0 radical (unpaired) electrons. The zero-order valence-electron chi connectivity index (χ0n) is 15.0. The fraction of sp³-hybridized carbons (Fsp3) is 0.500. The molecule has 0 spiro atoms. The zero-order valence-corrected chi connectivity index (χ0v) is 17.2. The van der Waals surface area contributed by atoms with Gasteiger partial charge in [-0.1, -0.05) is 6.07 Å². The number of likely N-dealkylation sites (tertiary alicyclic amines) is 1. The third kappa shape index (κ3) is 3.94. The number of hydrogen-bond donors (Lipinski definition) is 3. The Bertz CT molecular complexity index is 720. The van der Waals surface area contributed by atoms with Crippen LogP contribution < -0.4 is 10.6 Å². The van der Waals surface area contributed by atoms with E-state index >= 15 is 0 Å². The predicted molar refractivity (Wildman–Crippen MR) is 109 cm³/mol. The molecule has 0 aromatic heterocycles. The van der Waals surface area contributed by atoms with Crippen molar-refractivity contribution in [2.24, 2.45) is 5.92 Å². The van der Waals surface area contributed by atoms with Gasteiger partial charge < -0.3 is 15.5 Å². The smallest absolute Gasteiger partial charge is 0.321 e. The molecule has 2 heterocycles. The Morgan fingerprint density at radius 1 is 1.46 bits per heavy atom. The van der Waals surface area contributed by atoms with E-state index < -0.39 is 5.54 Å². The summed E-state index contributed by atoms with van der Waals surface area (Å²) in [4.78, 5) is 28.0. The lowest BCUT2D eigenvalue weighted by Gasteiger charge is -2.47. The Labute approximate surface area is 167 Å². The lowest BCUT2D eigenvalue weighted by atomic mass is 9.76. The highest BCUT2D eigenvalue weighted by atomic mass is 127. The van der Waals surface area contributed by atoms with Crippen LogP contribution in [0.2, 0.25) is 0 Å². The van der Waals surface area contributed by atoms with Crippen LogP contribution in [0.25, 0.3) is 0 Å². The molecule has 1 aromatic carbocycles. The Morgan fingerprint density at radius 3 is 2.92 bits per heavy atom. The number of nitrogens with zero attached hydrogens (tertiary/aromatic N) is 2. The maximum atomic E-state index is 12.7. The topological polar surface area (TPSA) is 88.5 Å². The van der Waals surface area contributed by atoms with Crippen molar-refractivity contribution < 1.29 is 9.59 Å². The molecule has 26 heavy (non-hydrogen) atoms. The predicted octanol–water partition coefficient (Wildman–Crippen LogP) is 2.68. The van der Waals surface area contributed by atoms with E-state index in [1.165, 1.54) is 4.90 Å². The van der Waals surface area contributed by atoms with Crippen LogP contribution in [0.1, 0.15) is 26.2 Å². The van der Waals surface area contributed by atoms with Crippen molar-refractivity contribution in [2.75, 3.05) is 25.5 Å². The van der Waals surface area contributed by atoms with Crippen LogP contribution in [0, 0.1) is 14.9 Å². The second-order valence-corrected chi connectivity index (χ2v) is 8.49. The maximum Gasteiger partial charge on any atom is 0.321 e. The van der Waals surface area contributed by atoms with Gasteiger partial charge in [0, 0.05) is 29.4 Å². The second kappa shape index (κ2) is 7.42. The van der Waals surface area contributed by atoms with Gasteiger partial charge in [-0.05, 0) is 66.5 Å². The number of anilines is 1. The lowest BCUT2D eigenvalue weighted by molar-refractivity contribution is -0.130. The minimum atomic E-state index is -0.498. The molecule has 2 fully saturated rings. The summed E-state index contributed by atoms with van der Waals surface area (Å²) in [6.07, 6.45) is 2.16. The summed E-state index contributed by atoms with van der Waals surface area (Å²) in [5, 5.41) is 14.1. The Hall–Kier alpha value is -1.84. The van der Waals surface area contributed by atoms with Gasteiger partial charge in [-0.15, -0.1) is 0 Å². The van der Waals surface area contributed by atoms with Crippen molar-refractivity contribution in [3.63, 3.8) is 0 Å². The Balaban J connectivity index is 1.68. The highest BCUT2D eigenvalue weighted by Crippen LogP contribution is 2.32. The van der Waals surface area contributed by atoms with Crippen LogP contribution in [0.15, 0.2) is 24.3 Å². The van der Waals surface area contributed by atoms with E-state index in [1.807, 2.05) is 36.1 Å². The van der Waals surface area contributed by atoms with Gasteiger partial charge in [0.15, 0.2) is 5.96 Å². The van der Waals surface area contributed by atoms with E-state index in [1.54, 1.807) is 7.05 Å². The maximum absolute atomic E-state index is 12.7. The molecular formula is C18H24IN5O2. The van der Waals surface area contributed by atoms with E-state index in [0.717, 1.165) is 22.1 Å². The zero-order chi connectivity index (χ0) is 18.9. The van der Waals surface area contributed by atoms with Crippen LogP contribution in [-0.4, -0.2) is 53.4 Å². The van der Waals surface area contributed by atoms with Gasteiger partial charge in [0.25, 0.3) is 0 Å². The van der Waals surface area contributed by atoms with Gasteiger partial charge >= 0.3 is 6.03 Å². The van der Waals surface area contributed by atoms with Crippen LogP contribution in [0.3, 0.4) is 0 Å². The summed E-state index contributed by atoms with van der Waals surface area (Å²) in [5.41, 5.74) is 0.284. The van der Waals surface area contributed by atoms with Crippen molar-refractivity contribution in [2.45, 2.75) is 31.7 Å². The molecule has 7 nitrogen and oxygen atoms in total. The van der Waals surface area contributed by atoms with Crippen LogP contribution in [0.5, 0.6) is 0 Å². The van der Waals surface area contributed by atoms with Crippen molar-refractivity contribution in [3.8, 4) is 0 Å². The highest BCUT2D eigenvalue weighted by Gasteiger charge is 2.44. The molecule has 140 valence electrons. The van der Waals surface area contributed by atoms with Crippen molar-refractivity contribution >= 4 is 46.2 Å². The number of urea groups is 1. The first-order chi connectivity index (χ1) is 12.3. The van der Waals surface area contributed by atoms with Gasteiger partial charge in [-0.25, -0.2) is 4.79 Å². The Kier molecular flexibility index (Phi) is 5.40. The van der Waals surface area contributed by atoms with E-state index in [2.05, 4.69) is 33.2 Å². The molecule has 2 saturated heterocycles. The number of nitrogens with one attached hydrogen (secondary N) is 3. The lowest BCUT2D eigenvalue weighted by Crippen LogP contribution is -2.65. The molecule has 8 heteroatoms. The summed E-state index contributed by atoms with van der Waals surface area (Å²) in [6, 6.07) is 7.58. The molecule has 0 saturated carbocycles. The number of carbonyl (C=O) groups excluding carboxylic acids is 2. The number of guanidine groups is 1. The quantitative estimate of drug-likeness (QED) is 0.583. The molecule has 3 N–H and O–H groups in total. The third-order valence-electron chi connectivity index (χ3n) is 5.32. The number of benzene rings is 1. The van der Waals surface area contributed by atoms with Gasteiger partial charge in [0.05, 0.1) is 12.0 Å². The van der Waals surface area contributed by atoms with Crippen molar-refractivity contribution in [1.82, 2.24) is 15.1 Å². The van der Waals surface area contributed by atoms with Gasteiger partial charge in [0.1, 0.15) is 0 Å². The average molecular weight is 469 g/mol. The molecule has 3 amide bonds. The minimum absolute atomic E-state index is 0.0586. The normalized spacial score (nSPS) is 26.5. The van der Waals surface area contributed by atoms with Crippen molar-refractivity contribution in [3.05, 3.63) is 27.8 Å². The molecule has 1 unspecified atom stereocenters. The minimum Gasteiger partial charge on any atom is -0.350 e. The number of rotatable bonds is 2. The first kappa shape index (κ1) is 18.9. The fourth-order valence-electron chi connectivity index (χ4n) is 3.65. The molecule has 1 aromatic rings. The monoisotopic (exact) mass is 469 g/mol. The second-order valence-electron chi connectivity index (χ2n) is 7.25. The molecule has 2 atom stereocenters. The SMILES string of the molecule is CN1C(=N)N[C@](C)(C2CCCN(C(=O)Nc3cccc(I)c3)C2)CC1=O. The van der Waals surface area contributed by atoms with E-state index in [9.17, 15) is 9.59 Å². The highest BCUT2D eigenvalue weighted by molar-refractivity contribution is 14.1. The summed E-state index contributed by atoms with van der Waals surface area (Å²) < 4.78 is 1.07. The van der Waals surface area contributed by atoms with Crippen LogP contribution in [0.4, 0.5) is 10.5 Å². The third-order valence-corrected chi connectivity index (χ3v) is 5.99.